The number of aromatic nitrogens is 2. The predicted octanol–water partition coefficient (Wildman–Crippen LogP) is 2.43. The van der Waals surface area contributed by atoms with Crippen molar-refractivity contribution in [2.45, 2.75) is 65.2 Å². The minimum Gasteiger partial charge on any atom is -0.311 e. The molecule has 1 aromatic rings. The van der Waals surface area contributed by atoms with E-state index in [4.69, 9.17) is 5.10 Å². The second-order valence-corrected chi connectivity index (χ2v) is 6.52. The molecule has 1 aliphatic rings. The fraction of sp³-hybridized carbons (Fsp3) is 0.800. The highest BCUT2D eigenvalue weighted by Gasteiger charge is 2.32. The lowest BCUT2D eigenvalue weighted by molar-refractivity contribution is 0.0612. The van der Waals surface area contributed by atoms with Crippen LogP contribution in [-0.4, -0.2) is 39.4 Å². The maximum atomic E-state index is 4.72. The van der Waals surface area contributed by atoms with Crippen LogP contribution < -0.4 is 5.32 Å². The molecule has 2 unspecified atom stereocenters. The van der Waals surface area contributed by atoms with Gasteiger partial charge in [0, 0.05) is 43.5 Å². The summed E-state index contributed by atoms with van der Waals surface area (Å²) in [4.78, 5) is 2.54. The predicted molar refractivity (Wildman–Crippen MR) is 79.2 cm³/mol. The van der Waals surface area contributed by atoms with E-state index in [1.54, 1.807) is 0 Å². The molecule has 4 heteroatoms. The third-order valence-electron chi connectivity index (χ3n) is 4.29. The molecule has 0 spiro atoms. The first-order valence-electron chi connectivity index (χ1n) is 7.45. The largest absolute Gasteiger partial charge is 0.311 e. The van der Waals surface area contributed by atoms with E-state index in [2.05, 4.69) is 61.8 Å². The molecule has 19 heavy (non-hydrogen) atoms. The first-order valence-corrected chi connectivity index (χ1v) is 7.45. The normalized spacial score (nSPS) is 25.4. The summed E-state index contributed by atoms with van der Waals surface area (Å²) in [6.07, 6.45) is 3.24. The quantitative estimate of drug-likeness (QED) is 0.906. The SMILES string of the molecule is CCC(C)n1ccc(CN2CC(C)NCC2(C)C)n1. The molecule has 0 bridgehead atoms. The van der Waals surface area contributed by atoms with Gasteiger partial charge in [-0.25, -0.2) is 0 Å². The van der Waals surface area contributed by atoms with E-state index in [1.807, 2.05) is 0 Å². The van der Waals surface area contributed by atoms with Gasteiger partial charge < -0.3 is 5.32 Å². The Morgan fingerprint density at radius 2 is 2.26 bits per heavy atom. The molecule has 0 aromatic carbocycles. The molecule has 0 radical (unpaired) electrons. The van der Waals surface area contributed by atoms with Gasteiger partial charge in [0.1, 0.15) is 0 Å². The third kappa shape index (κ3) is 3.37. The lowest BCUT2D eigenvalue weighted by Gasteiger charge is -2.45. The highest BCUT2D eigenvalue weighted by Crippen LogP contribution is 2.21. The van der Waals surface area contributed by atoms with Gasteiger partial charge in [-0.05, 0) is 40.2 Å². The zero-order valence-corrected chi connectivity index (χ0v) is 13.0. The van der Waals surface area contributed by atoms with Crippen LogP contribution in [0.3, 0.4) is 0 Å². The van der Waals surface area contributed by atoms with Crippen molar-refractivity contribution in [1.82, 2.24) is 20.0 Å². The van der Waals surface area contributed by atoms with Gasteiger partial charge in [0.2, 0.25) is 0 Å². The first-order chi connectivity index (χ1) is 8.92. The summed E-state index contributed by atoms with van der Waals surface area (Å²) in [7, 11) is 0. The zero-order valence-electron chi connectivity index (χ0n) is 13.0. The Hall–Kier alpha value is -0.870. The molecule has 2 atom stereocenters. The molecular weight excluding hydrogens is 236 g/mol. The van der Waals surface area contributed by atoms with E-state index < -0.39 is 0 Å². The van der Waals surface area contributed by atoms with Crippen LogP contribution in [0.1, 0.15) is 52.8 Å². The highest BCUT2D eigenvalue weighted by molar-refractivity contribution is 5.03. The van der Waals surface area contributed by atoms with Gasteiger partial charge in [-0.15, -0.1) is 0 Å². The van der Waals surface area contributed by atoms with Gasteiger partial charge >= 0.3 is 0 Å². The minimum atomic E-state index is 0.201. The number of nitrogens with zero attached hydrogens (tertiary/aromatic N) is 3. The molecule has 2 heterocycles. The molecule has 0 aliphatic carbocycles. The second-order valence-electron chi connectivity index (χ2n) is 6.52. The van der Waals surface area contributed by atoms with Crippen LogP contribution in [0.2, 0.25) is 0 Å². The standard InChI is InChI=1S/C15H28N4/c1-6-13(3)19-8-7-14(17-19)10-18-9-12(2)16-11-15(18,4)5/h7-8,12-13,16H,6,9-11H2,1-5H3. The summed E-state index contributed by atoms with van der Waals surface area (Å²) in [6.45, 7) is 14.3. The summed E-state index contributed by atoms with van der Waals surface area (Å²) in [5.41, 5.74) is 1.38. The monoisotopic (exact) mass is 264 g/mol. The van der Waals surface area contributed by atoms with Crippen molar-refractivity contribution in [1.29, 1.82) is 0 Å². The zero-order chi connectivity index (χ0) is 14.0. The maximum Gasteiger partial charge on any atom is 0.0765 e. The lowest BCUT2D eigenvalue weighted by Crippen LogP contribution is -2.60. The fourth-order valence-electron chi connectivity index (χ4n) is 2.55. The molecule has 0 saturated carbocycles. The van der Waals surface area contributed by atoms with Crippen LogP contribution in [0.15, 0.2) is 12.3 Å². The van der Waals surface area contributed by atoms with Gasteiger partial charge in [0.05, 0.1) is 5.69 Å². The van der Waals surface area contributed by atoms with Gasteiger partial charge in [-0.2, -0.15) is 5.10 Å². The van der Waals surface area contributed by atoms with E-state index in [9.17, 15) is 0 Å². The van der Waals surface area contributed by atoms with Crippen molar-refractivity contribution < 1.29 is 0 Å². The molecule has 1 aromatic heterocycles. The van der Waals surface area contributed by atoms with Crippen LogP contribution in [0.5, 0.6) is 0 Å². The number of hydrogen-bond acceptors (Lipinski definition) is 3. The minimum absolute atomic E-state index is 0.201. The molecule has 4 nitrogen and oxygen atoms in total. The molecular formula is C15H28N4. The van der Waals surface area contributed by atoms with E-state index in [1.165, 1.54) is 5.69 Å². The third-order valence-corrected chi connectivity index (χ3v) is 4.29. The maximum absolute atomic E-state index is 4.72. The molecule has 2 rings (SSSR count). The molecule has 1 saturated heterocycles. The summed E-state index contributed by atoms with van der Waals surface area (Å²) >= 11 is 0. The Morgan fingerprint density at radius 3 is 2.95 bits per heavy atom. The Balaban J connectivity index is 2.05. The van der Waals surface area contributed by atoms with E-state index in [0.29, 0.717) is 12.1 Å². The molecule has 0 amide bonds. The summed E-state index contributed by atoms with van der Waals surface area (Å²) in [5.74, 6) is 0. The van der Waals surface area contributed by atoms with Crippen LogP contribution >= 0.6 is 0 Å². The van der Waals surface area contributed by atoms with Gasteiger partial charge in [-0.3, -0.25) is 9.58 Å². The van der Waals surface area contributed by atoms with Crippen molar-refractivity contribution >= 4 is 0 Å². The Labute approximate surface area is 117 Å². The highest BCUT2D eigenvalue weighted by atomic mass is 15.3. The lowest BCUT2D eigenvalue weighted by atomic mass is 9.97. The van der Waals surface area contributed by atoms with Crippen LogP contribution in [0, 0.1) is 0 Å². The van der Waals surface area contributed by atoms with Crippen molar-refractivity contribution in [3.8, 4) is 0 Å². The van der Waals surface area contributed by atoms with Crippen LogP contribution in [-0.2, 0) is 6.54 Å². The van der Waals surface area contributed by atoms with Gasteiger partial charge in [0.15, 0.2) is 0 Å². The van der Waals surface area contributed by atoms with Crippen LogP contribution in [0.4, 0.5) is 0 Å². The Morgan fingerprint density at radius 1 is 1.53 bits per heavy atom. The molecule has 1 aliphatic heterocycles. The van der Waals surface area contributed by atoms with E-state index in [-0.39, 0.29) is 5.54 Å². The number of hydrogen-bond donors (Lipinski definition) is 1. The molecule has 1 N–H and O–H groups in total. The van der Waals surface area contributed by atoms with Crippen molar-refractivity contribution in [2.75, 3.05) is 13.1 Å². The summed E-state index contributed by atoms with van der Waals surface area (Å²) in [6, 6.07) is 3.21. The Bertz CT molecular complexity index is 410. The van der Waals surface area contributed by atoms with Gasteiger partial charge in [-0.1, -0.05) is 6.92 Å². The average Bonchev–Trinajstić information content (AvgIpc) is 2.82. The van der Waals surface area contributed by atoms with E-state index in [0.717, 1.165) is 26.1 Å². The van der Waals surface area contributed by atoms with Crippen LogP contribution in [0.25, 0.3) is 0 Å². The first kappa shape index (κ1) is 14.5. The summed E-state index contributed by atoms with van der Waals surface area (Å²) in [5, 5.41) is 8.27. The topological polar surface area (TPSA) is 33.1 Å². The van der Waals surface area contributed by atoms with Crippen molar-refractivity contribution in [3.63, 3.8) is 0 Å². The number of nitrogens with one attached hydrogen (secondary N) is 1. The van der Waals surface area contributed by atoms with Gasteiger partial charge in [0.25, 0.3) is 0 Å². The fourth-order valence-corrected chi connectivity index (χ4v) is 2.55. The molecule has 108 valence electrons. The second kappa shape index (κ2) is 5.63. The smallest absolute Gasteiger partial charge is 0.0765 e. The number of piperazine rings is 1. The number of rotatable bonds is 4. The average molecular weight is 264 g/mol. The van der Waals surface area contributed by atoms with Crippen molar-refractivity contribution in [2.24, 2.45) is 0 Å². The Kier molecular flexibility index (Phi) is 4.31. The van der Waals surface area contributed by atoms with Crippen molar-refractivity contribution in [3.05, 3.63) is 18.0 Å². The molecule has 1 fully saturated rings. The summed E-state index contributed by atoms with van der Waals surface area (Å²) < 4.78 is 2.09. The van der Waals surface area contributed by atoms with E-state index >= 15 is 0 Å².